The molecular weight excluding hydrogens is 270 g/mol. The standard InChI is InChI=1S/C16H23NO4/c1-4-12-7-13(11(2)19)5-6-14(12)8-17-9-15(10-18)16(20)21-3/h5-7,15,17-18H,4,8-10H2,1-3H3. The number of benzene rings is 1. The van der Waals surface area contributed by atoms with Crippen molar-refractivity contribution in [3.05, 3.63) is 34.9 Å². The summed E-state index contributed by atoms with van der Waals surface area (Å²) in [5.41, 5.74) is 2.90. The Morgan fingerprint density at radius 2 is 2.05 bits per heavy atom. The number of hydrogen-bond acceptors (Lipinski definition) is 5. The van der Waals surface area contributed by atoms with Crippen LogP contribution in [-0.2, 0) is 22.5 Å². The van der Waals surface area contributed by atoms with Gasteiger partial charge in [0, 0.05) is 18.7 Å². The minimum Gasteiger partial charge on any atom is -0.469 e. The molecule has 1 unspecified atom stereocenters. The van der Waals surface area contributed by atoms with E-state index in [0.717, 1.165) is 17.5 Å². The summed E-state index contributed by atoms with van der Waals surface area (Å²) in [5, 5.41) is 12.3. The minimum absolute atomic E-state index is 0.0512. The van der Waals surface area contributed by atoms with Crippen LogP contribution in [0.25, 0.3) is 0 Å². The van der Waals surface area contributed by atoms with E-state index >= 15 is 0 Å². The molecule has 0 amide bonds. The Balaban J connectivity index is 2.67. The smallest absolute Gasteiger partial charge is 0.312 e. The van der Waals surface area contributed by atoms with Gasteiger partial charge in [-0.2, -0.15) is 0 Å². The molecule has 5 nitrogen and oxygen atoms in total. The van der Waals surface area contributed by atoms with E-state index in [0.29, 0.717) is 18.7 Å². The van der Waals surface area contributed by atoms with Gasteiger partial charge in [0.2, 0.25) is 0 Å². The van der Waals surface area contributed by atoms with Crippen molar-refractivity contribution in [1.82, 2.24) is 5.32 Å². The van der Waals surface area contributed by atoms with Crippen LogP contribution in [-0.4, -0.2) is 37.1 Å². The molecule has 0 bridgehead atoms. The number of Topliss-reactive ketones (excluding diaryl/α,β-unsaturated/α-hetero) is 1. The molecule has 0 aliphatic heterocycles. The predicted octanol–water partition coefficient (Wildman–Crippen LogP) is 1.32. The summed E-state index contributed by atoms with van der Waals surface area (Å²) in [4.78, 5) is 22.7. The first-order valence-corrected chi connectivity index (χ1v) is 7.05. The van der Waals surface area contributed by atoms with Gasteiger partial charge in [-0.15, -0.1) is 0 Å². The van der Waals surface area contributed by atoms with Gasteiger partial charge in [-0.05, 0) is 30.5 Å². The van der Waals surface area contributed by atoms with Gasteiger partial charge in [0.1, 0.15) is 0 Å². The highest BCUT2D eigenvalue weighted by molar-refractivity contribution is 5.94. The van der Waals surface area contributed by atoms with Gasteiger partial charge >= 0.3 is 5.97 Å². The Bertz CT molecular complexity index is 499. The quantitative estimate of drug-likeness (QED) is 0.558. The summed E-state index contributed by atoms with van der Waals surface area (Å²) in [6, 6.07) is 5.64. The molecule has 1 atom stereocenters. The molecule has 0 saturated heterocycles. The van der Waals surface area contributed by atoms with E-state index in [2.05, 4.69) is 10.1 Å². The number of aliphatic hydroxyl groups excluding tert-OH is 1. The lowest BCUT2D eigenvalue weighted by Gasteiger charge is -2.14. The van der Waals surface area contributed by atoms with Crippen LogP contribution in [0.15, 0.2) is 18.2 Å². The number of rotatable bonds is 8. The fourth-order valence-corrected chi connectivity index (χ4v) is 2.12. The lowest BCUT2D eigenvalue weighted by Crippen LogP contribution is -2.31. The Morgan fingerprint density at radius 3 is 2.57 bits per heavy atom. The summed E-state index contributed by atoms with van der Waals surface area (Å²) >= 11 is 0. The molecule has 5 heteroatoms. The summed E-state index contributed by atoms with van der Waals surface area (Å²) in [7, 11) is 1.31. The van der Waals surface area contributed by atoms with Crippen molar-refractivity contribution in [2.75, 3.05) is 20.3 Å². The molecule has 0 spiro atoms. The number of carbonyl (C=O) groups excluding carboxylic acids is 2. The molecule has 116 valence electrons. The Hall–Kier alpha value is -1.72. The van der Waals surface area contributed by atoms with Crippen molar-refractivity contribution in [3.8, 4) is 0 Å². The number of carbonyl (C=O) groups is 2. The summed E-state index contributed by atoms with van der Waals surface area (Å²) in [6.45, 7) is 4.27. The summed E-state index contributed by atoms with van der Waals surface area (Å²) < 4.78 is 4.62. The van der Waals surface area contributed by atoms with E-state index in [1.165, 1.54) is 7.11 Å². The lowest BCUT2D eigenvalue weighted by molar-refractivity contribution is -0.146. The summed E-state index contributed by atoms with van der Waals surface area (Å²) in [6.07, 6.45) is 0.832. The van der Waals surface area contributed by atoms with Gasteiger partial charge in [-0.1, -0.05) is 19.1 Å². The maximum Gasteiger partial charge on any atom is 0.312 e. The largest absolute Gasteiger partial charge is 0.469 e. The average Bonchev–Trinajstić information content (AvgIpc) is 2.50. The number of nitrogens with one attached hydrogen (secondary N) is 1. The molecule has 0 saturated carbocycles. The molecular formula is C16H23NO4. The number of methoxy groups -OCH3 is 1. The average molecular weight is 293 g/mol. The summed E-state index contributed by atoms with van der Waals surface area (Å²) in [5.74, 6) is -0.931. The molecule has 0 heterocycles. The van der Waals surface area contributed by atoms with Crippen molar-refractivity contribution in [3.63, 3.8) is 0 Å². The SMILES string of the molecule is CCc1cc(C(C)=O)ccc1CNCC(CO)C(=O)OC. The van der Waals surface area contributed by atoms with Gasteiger partial charge in [-0.25, -0.2) is 0 Å². The van der Waals surface area contributed by atoms with Crippen LogP contribution < -0.4 is 5.32 Å². The zero-order valence-electron chi connectivity index (χ0n) is 12.8. The van der Waals surface area contributed by atoms with Gasteiger partial charge in [-0.3, -0.25) is 9.59 Å². The molecule has 2 N–H and O–H groups in total. The first kappa shape index (κ1) is 17.3. The second kappa shape index (κ2) is 8.54. The number of hydrogen-bond donors (Lipinski definition) is 2. The zero-order valence-corrected chi connectivity index (χ0v) is 12.8. The van der Waals surface area contributed by atoms with E-state index in [4.69, 9.17) is 5.11 Å². The first-order chi connectivity index (χ1) is 10.0. The monoisotopic (exact) mass is 293 g/mol. The van der Waals surface area contributed by atoms with E-state index in [1.807, 2.05) is 25.1 Å². The fraction of sp³-hybridized carbons (Fsp3) is 0.500. The van der Waals surface area contributed by atoms with Crippen molar-refractivity contribution in [2.45, 2.75) is 26.8 Å². The van der Waals surface area contributed by atoms with Crippen LogP contribution in [0.2, 0.25) is 0 Å². The number of aryl methyl sites for hydroxylation is 1. The Kier molecular flexibility index (Phi) is 7.05. The molecule has 0 radical (unpaired) electrons. The molecule has 1 rings (SSSR count). The van der Waals surface area contributed by atoms with Crippen LogP contribution in [0, 0.1) is 5.92 Å². The topological polar surface area (TPSA) is 75.6 Å². The van der Waals surface area contributed by atoms with E-state index in [-0.39, 0.29) is 12.4 Å². The normalized spacial score (nSPS) is 12.0. The van der Waals surface area contributed by atoms with E-state index < -0.39 is 11.9 Å². The molecule has 1 aromatic carbocycles. The molecule has 21 heavy (non-hydrogen) atoms. The van der Waals surface area contributed by atoms with E-state index in [1.54, 1.807) is 6.92 Å². The highest BCUT2D eigenvalue weighted by Gasteiger charge is 2.17. The lowest BCUT2D eigenvalue weighted by atomic mass is 10.00. The minimum atomic E-state index is -0.559. The van der Waals surface area contributed by atoms with Crippen LogP contribution >= 0.6 is 0 Å². The van der Waals surface area contributed by atoms with E-state index in [9.17, 15) is 9.59 Å². The molecule has 0 fully saturated rings. The zero-order chi connectivity index (χ0) is 15.8. The number of ether oxygens (including phenoxy) is 1. The third-order valence-electron chi connectivity index (χ3n) is 3.45. The second-order valence-corrected chi connectivity index (χ2v) is 4.93. The Labute approximate surface area is 125 Å². The third-order valence-corrected chi connectivity index (χ3v) is 3.45. The van der Waals surface area contributed by atoms with Crippen molar-refractivity contribution >= 4 is 11.8 Å². The third kappa shape index (κ3) is 4.95. The number of aliphatic hydroxyl groups is 1. The maximum atomic E-state index is 11.4. The van der Waals surface area contributed by atoms with Gasteiger partial charge < -0.3 is 15.2 Å². The van der Waals surface area contributed by atoms with Crippen LogP contribution in [0.4, 0.5) is 0 Å². The van der Waals surface area contributed by atoms with Gasteiger partial charge in [0.15, 0.2) is 5.78 Å². The number of ketones is 1. The van der Waals surface area contributed by atoms with Crippen LogP contribution in [0.1, 0.15) is 35.3 Å². The van der Waals surface area contributed by atoms with Crippen molar-refractivity contribution < 1.29 is 19.4 Å². The highest BCUT2D eigenvalue weighted by atomic mass is 16.5. The van der Waals surface area contributed by atoms with Crippen molar-refractivity contribution in [2.24, 2.45) is 5.92 Å². The molecule has 0 aliphatic carbocycles. The van der Waals surface area contributed by atoms with Crippen LogP contribution in [0.5, 0.6) is 0 Å². The first-order valence-electron chi connectivity index (χ1n) is 7.05. The second-order valence-electron chi connectivity index (χ2n) is 4.93. The molecule has 0 aromatic heterocycles. The predicted molar refractivity (Wildman–Crippen MR) is 80.1 cm³/mol. The fourth-order valence-electron chi connectivity index (χ4n) is 2.12. The number of esters is 1. The Morgan fingerprint density at radius 1 is 1.33 bits per heavy atom. The maximum absolute atomic E-state index is 11.4. The molecule has 1 aromatic rings. The highest BCUT2D eigenvalue weighted by Crippen LogP contribution is 2.14. The molecule has 0 aliphatic rings. The van der Waals surface area contributed by atoms with Gasteiger partial charge in [0.25, 0.3) is 0 Å². The van der Waals surface area contributed by atoms with Crippen LogP contribution in [0.3, 0.4) is 0 Å². The van der Waals surface area contributed by atoms with Gasteiger partial charge in [0.05, 0.1) is 19.6 Å². The van der Waals surface area contributed by atoms with Crippen molar-refractivity contribution in [1.29, 1.82) is 0 Å².